The first-order valence-electron chi connectivity index (χ1n) is 6.76. The van der Waals surface area contributed by atoms with Crippen LogP contribution >= 0.6 is 12.4 Å². The Morgan fingerprint density at radius 2 is 1.81 bits per heavy atom. The van der Waals surface area contributed by atoms with Crippen LogP contribution in [0.25, 0.3) is 5.69 Å². The molecule has 0 atom stereocenters. The third-order valence-electron chi connectivity index (χ3n) is 3.86. The fraction of sp³-hybridized carbons (Fsp3) is 0.429. The molecule has 0 radical (unpaired) electrons. The van der Waals surface area contributed by atoms with Crippen molar-refractivity contribution < 1.29 is 8.78 Å². The maximum Gasteiger partial charge on any atom is 0.160 e. The van der Waals surface area contributed by atoms with Crippen LogP contribution in [0.1, 0.15) is 37.4 Å². The van der Waals surface area contributed by atoms with E-state index in [4.69, 9.17) is 5.73 Å². The lowest BCUT2D eigenvalue weighted by molar-refractivity contribution is 0.380. The number of nitrogens with zero attached hydrogens (tertiary/aromatic N) is 3. The molecule has 1 aromatic heterocycles. The molecular formula is C14H17ClF2N4. The SMILES string of the molecule is Cl.NC1CCC(c2ncnn2-c2ccc(F)c(F)c2)CC1. The number of rotatable bonds is 2. The number of nitrogens with two attached hydrogens (primary N) is 1. The molecule has 0 amide bonds. The van der Waals surface area contributed by atoms with Crippen LogP contribution in [-0.4, -0.2) is 20.8 Å². The van der Waals surface area contributed by atoms with Crippen LogP contribution in [-0.2, 0) is 0 Å². The van der Waals surface area contributed by atoms with Gasteiger partial charge in [-0.2, -0.15) is 5.10 Å². The summed E-state index contributed by atoms with van der Waals surface area (Å²) in [5.74, 6) is -0.679. The van der Waals surface area contributed by atoms with Gasteiger partial charge in [0, 0.05) is 18.0 Å². The van der Waals surface area contributed by atoms with Gasteiger partial charge in [-0.15, -0.1) is 12.4 Å². The molecule has 114 valence electrons. The molecule has 1 aliphatic carbocycles. The Balaban J connectivity index is 0.00000161. The molecule has 0 aliphatic heterocycles. The summed E-state index contributed by atoms with van der Waals surface area (Å²) in [6, 6.07) is 4.01. The molecule has 1 aromatic carbocycles. The van der Waals surface area contributed by atoms with Gasteiger partial charge in [0.1, 0.15) is 12.2 Å². The monoisotopic (exact) mass is 314 g/mol. The van der Waals surface area contributed by atoms with Crippen molar-refractivity contribution in [3.8, 4) is 5.69 Å². The van der Waals surface area contributed by atoms with Gasteiger partial charge in [0.2, 0.25) is 0 Å². The molecule has 0 spiro atoms. The van der Waals surface area contributed by atoms with E-state index in [9.17, 15) is 8.78 Å². The molecule has 1 saturated carbocycles. The largest absolute Gasteiger partial charge is 0.328 e. The van der Waals surface area contributed by atoms with E-state index in [0.29, 0.717) is 5.69 Å². The number of hydrogen-bond donors (Lipinski definition) is 1. The lowest BCUT2D eigenvalue weighted by Crippen LogP contribution is -2.26. The Kier molecular flexibility index (Phi) is 4.90. The lowest BCUT2D eigenvalue weighted by Gasteiger charge is -2.25. The van der Waals surface area contributed by atoms with Crippen molar-refractivity contribution in [3.05, 3.63) is 42.0 Å². The molecule has 0 saturated heterocycles. The summed E-state index contributed by atoms with van der Waals surface area (Å²) in [5.41, 5.74) is 6.39. The Labute approximate surface area is 127 Å². The highest BCUT2D eigenvalue weighted by molar-refractivity contribution is 5.85. The molecule has 0 unspecified atom stereocenters. The van der Waals surface area contributed by atoms with E-state index in [0.717, 1.165) is 43.6 Å². The van der Waals surface area contributed by atoms with Gasteiger partial charge in [-0.3, -0.25) is 0 Å². The molecule has 4 nitrogen and oxygen atoms in total. The fourth-order valence-electron chi connectivity index (χ4n) is 2.72. The van der Waals surface area contributed by atoms with Gasteiger partial charge in [-0.25, -0.2) is 18.4 Å². The quantitative estimate of drug-likeness (QED) is 0.927. The predicted molar refractivity (Wildman–Crippen MR) is 77.7 cm³/mol. The normalized spacial score (nSPS) is 21.9. The summed E-state index contributed by atoms with van der Waals surface area (Å²) < 4.78 is 27.9. The number of hydrogen-bond acceptors (Lipinski definition) is 3. The number of benzene rings is 1. The van der Waals surface area contributed by atoms with Crippen molar-refractivity contribution in [1.29, 1.82) is 0 Å². The zero-order valence-electron chi connectivity index (χ0n) is 11.4. The highest BCUT2D eigenvalue weighted by atomic mass is 35.5. The molecule has 21 heavy (non-hydrogen) atoms. The van der Waals surface area contributed by atoms with Gasteiger partial charge in [0.25, 0.3) is 0 Å². The zero-order chi connectivity index (χ0) is 14.1. The summed E-state index contributed by atoms with van der Waals surface area (Å²) in [6.45, 7) is 0. The second-order valence-electron chi connectivity index (χ2n) is 5.24. The van der Waals surface area contributed by atoms with Gasteiger partial charge in [-0.1, -0.05) is 0 Å². The summed E-state index contributed by atoms with van der Waals surface area (Å²) >= 11 is 0. The first-order valence-corrected chi connectivity index (χ1v) is 6.76. The summed E-state index contributed by atoms with van der Waals surface area (Å²) in [7, 11) is 0. The minimum atomic E-state index is -0.880. The van der Waals surface area contributed by atoms with E-state index < -0.39 is 11.6 Å². The van der Waals surface area contributed by atoms with E-state index >= 15 is 0 Å². The Morgan fingerprint density at radius 3 is 2.48 bits per heavy atom. The molecule has 1 heterocycles. The Hall–Kier alpha value is -1.53. The highest BCUT2D eigenvalue weighted by Gasteiger charge is 2.24. The minimum Gasteiger partial charge on any atom is -0.328 e. The zero-order valence-corrected chi connectivity index (χ0v) is 12.2. The van der Waals surface area contributed by atoms with Gasteiger partial charge in [0.15, 0.2) is 11.6 Å². The van der Waals surface area contributed by atoms with Crippen molar-refractivity contribution >= 4 is 12.4 Å². The van der Waals surface area contributed by atoms with Gasteiger partial charge >= 0.3 is 0 Å². The van der Waals surface area contributed by atoms with Crippen LogP contribution in [0.2, 0.25) is 0 Å². The summed E-state index contributed by atoms with van der Waals surface area (Å²) in [6.07, 6.45) is 5.25. The van der Waals surface area contributed by atoms with Gasteiger partial charge in [0.05, 0.1) is 5.69 Å². The Morgan fingerprint density at radius 1 is 1.10 bits per heavy atom. The second kappa shape index (κ2) is 6.49. The standard InChI is InChI=1S/C14H16F2N4.ClH/c15-12-6-5-11(7-13(12)16)20-14(18-8-19-20)9-1-3-10(17)4-2-9;/h5-10H,1-4,17H2;1H. The number of aromatic nitrogens is 3. The maximum absolute atomic E-state index is 13.3. The molecule has 1 aliphatic rings. The smallest absolute Gasteiger partial charge is 0.160 e. The van der Waals surface area contributed by atoms with Gasteiger partial charge < -0.3 is 5.73 Å². The van der Waals surface area contributed by atoms with E-state index in [1.165, 1.54) is 12.4 Å². The van der Waals surface area contributed by atoms with Crippen molar-refractivity contribution in [2.45, 2.75) is 37.6 Å². The first kappa shape index (κ1) is 15.9. The van der Waals surface area contributed by atoms with Crippen molar-refractivity contribution in [2.24, 2.45) is 5.73 Å². The number of halogens is 3. The van der Waals surface area contributed by atoms with Crippen LogP contribution in [0.5, 0.6) is 0 Å². The van der Waals surface area contributed by atoms with Crippen LogP contribution in [0.15, 0.2) is 24.5 Å². The third-order valence-corrected chi connectivity index (χ3v) is 3.86. The predicted octanol–water partition coefficient (Wildman–Crippen LogP) is 2.95. The van der Waals surface area contributed by atoms with Crippen molar-refractivity contribution in [2.75, 3.05) is 0 Å². The molecule has 7 heteroatoms. The average molecular weight is 315 g/mol. The molecule has 3 rings (SSSR count). The molecule has 2 aromatic rings. The van der Waals surface area contributed by atoms with Crippen molar-refractivity contribution in [3.63, 3.8) is 0 Å². The van der Waals surface area contributed by atoms with Crippen LogP contribution < -0.4 is 5.73 Å². The van der Waals surface area contributed by atoms with Crippen molar-refractivity contribution in [1.82, 2.24) is 14.8 Å². The molecule has 2 N–H and O–H groups in total. The Bertz CT molecular complexity index is 609. The fourth-order valence-corrected chi connectivity index (χ4v) is 2.72. The summed E-state index contributed by atoms with van der Waals surface area (Å²) in [4.78, 5) is 4.29. The minimum absolute atomic E-state index is 0. The van der Waals surface area contributed by atoms with Crippen LogP contribution in [0, 0.1) is 11.6 Å². The van der Waals surface area contributed by atoms with Gasteiger partial charge in [-0.05, 0) is 37.8 Å². The first-order chi connectivity index (χ1) is 9.65. The van der Waals surface area contributed by atoms with E-state index in [-0.39, 0.29) is 24.4 Å². The maximum atomic E-state index is 13.3. The lowest BCUT2D eigenvalue weighted by atomic mass is 9.86. The van der Waals surface area contributed by atoms with E-state index in [1.807, 2.05) is 0 Å². The van der Waals surface area contributed by atoms with E-state index in [2.05, 4.69) is 10.1 Å². The van der Waals surface area contributed by atoms with Crippen LogP contribution in [0.3, 0.4) is 0 Å². The van der Waals surface area contributed by atoms with Crippen LogP contribution in [0.4, 0.5) is 8.78 Å². The summed E-state index contributed by atoms with van der Waals surface area (Å²) in [5, 5.41) is 4.14. The second-order valence-corrected chi connectivity index (χ2v) is 5.24. The topological polar surface area (TPSA) is 56.7 Å². The third kappa shape index (κ3) is 3.22. The van der Waals surface area contributed by atoms with E-state index in [1.54, 1.807) is 4.68 Å². The molecular weight excluding hydrogens is 298 g/mol. The average Bonchev–Trinajstić information content (AvgIpc) is 2.92. The molecule has 1 fully saturated rings. The molecule has 0 bridgehead atoms. The highest BCUT2D eigenvalue weighted by Crippen LogP contribution is 2.32.